The first kappa shape index (κ1) is 54.9. The number of fused-ring (bicyclic) bond motifs is 1. The van der Waals surface area contributed by atoms with Crippen LogP contribution in [0.4, 0.5) is 0 Å². The van der Waals surface area contributed by atoms with Gasteiger partial charge < -0.3 is 37.6 Å². The normalized spacial score (nSPS) is 38.1. The summed E-state index contributed by atoms with van der Waals surface area (Å²) in [6.07, 6.45) is 6.11. The molecule has 0 saturated carbocycles. The molecular weight excluding hydrogens is 993 g/mol. The van der Waals surface area contributed by atoms with Gasteiger partial charge in [0.2, 0.25) is 0 Å². The fourth-order valence-corrected chi connectivity index (χ4v) is 14.8. The van der Waals surface area contributed by atoms with Crippen molar-refractivity contribution in [3.8, 4) is 0 Å². The Morgan fingerprint density at radius 3 is 2.33 bits per heavy atom. The number of aryl methyl sites for hydroxylation is 1. The molecule has 2 unspecified atom stereocenters. The molecule has 6 bridgehead atoms. The van der Waals surface area contributed by atoms with Crippen molar-refractivity contribution in [3.63, 3.8) is 0 Å². The molecule has 0 amide bonds. The number of ether oxygens (including phenoxy) is 7. The van der Waals surface area contributed by atoms with E-state index in [-0.39, 0.29) is 95.0 Å². The number of carbonyl (C=O) groups excluding carboxylic acids is 1. The van der Waals surface area contributed by atoms with Crippen molar-refractivity contribution in [1.29, 1.82) is 0 Å². The summed E-state index contributed by atoms with van der Waals surface area (Å²) in [7, 11) is -5.96. The van der Waals surface area contributed by atoms with Crippen LogP contribution in [0.25, 0.3) is 0 Å². The van der Waals surface area contributed by atoms with Crippen LogP contribution in [0.5, 0.6) is 0 Å². The maximum absolute atomic E-state index is 14.5. The van der Waals surface area contributed by atoms with Crippen LogP contribution >= 0.6 is 15.9 Å². The summed E-state index contributed by atoms with van der Waals surface area (Å²) in [4.78, 5) is 14.6. The number of halogens is 1. The highest BCUT2D eigenvalue weighted by atomic mass is 79.9. The van der Waals surface area contributed by atoms with E-state index in [1.54, 1.807) is 24.3 Å². The SMILES string of the molecule is C=C(Br)C[C@@H](CC[C@@]12C[C@H]3O[C@H]4[C@@H](O1)[C@H]1OC(CC(=O)C[C@@H]5[C@@H](C)[C@@H](C[C@H](C)CO[Si](C)(C)C(C)(C)C)O[C@H]5CC5O[C@@H](CCCC)C[C@@H](C)C5=C)CC[C@@H]1O[C@H]4[C@H]3O2)OS(=O)(=O)c1ccc(C)cc1. The molecule has 8 saturated heterocycles. The van der Waals surface area contributed by atoms with Gasteiger partial charge in [-0.3, -0.25) is 8.98 Å². The second-order valence-electron chi connectivity index (χ2n) is 24.0. The quantitative estimate of drug-likeness (QED) is 0.0621. The van der Waals surface area contributed by atoms with Crippen LogP contribution in [0.2, 0.25) is 18.1 Å². The van der Waals surface area contributed by atoms with Crippen LogP contribution < -0.4 is 0 Å². The minimum absolute atomic E-state index is 0.00569. The molecular formula is C55H85BrO12SSi. The summed E-state index contributed by atoms with van der Waals surface area (Å²) < 4.78 is 88.1. The lowest BCUT2D eigenvalue weighted by Gasteiger charge is -2.47. The molecule has 8 aliphatic rings. The van der Waals surface area contributed by atoms with Gasteiger partial charge in [-0.2, -0.15) is 8.42 Å². The lowest BCUT2D eigenvalue weighted by atomic mass is 9.78. The average molecular weight is 1080 g/mol. The molecule has 394 valence electrons. The van der Waals surface area contributed by atoms with Gasteiger partial charge in [0, 0.05) is 45.1 Å². The number of benzene rings is 1. The van der Waals surface area contributed by atoms with Crippen molar-refractivity contribution in [2.45, 2.75) is 253 Å². The van der Waals surface area contributed by atoms with Crippen molar-refractivity contribution in [3.05, 3.63) is 53.0 Å². The average Bonchev–Trinajstić information content (AvgIpc) is 3.82. The van der Waals surface area contributed by atoms with E-state index in [0.717, 1.165) is 49.7 Å². The van der Waals surface area contributed by atoms with Gasteiger partial charge in [-0.15, -0.1) is 0 Å². The standard InChI is InChI=1S/C55H85BrO12SSi/c1-13-14-15-39-25-34(4)36(6)46(61-39)29-47-43(37(7)45(63-47)24-33(3)31-60-70(11,12)54(8,9)10)28-38(57)27-40-18-21-44-49(62-40)53-52-51(64-44)50-48(65-52)30-55(66-50,67-53)23-22-41(26-35(5)56)68-69(58,59)42-19-16-32(2)17-20-42/h16-17,19-20,33-34,37,39-41,43-53H,5-6,13-15,18,21-31H2,1-4,7-12H3/t33-,34+,37+,39-,40?,41+,43+,44-,45+,46?,47-,48+,49-,50-,51-,52+,53-,55-/m0/s1. The number of hydrogen-bond donors (Lipinski definition) is 0. The minimum atomic E-state index is -4.05. The van der Waals surface area contributed by atoms with Gasteiger partial charge in [-0.25, -0.2) is 0 Å². The van der Waals surface area contributed by atoms with Gasteiger partial charge in [0.15, 0.2) is 14.1 Å². The Balaban J connectivity index is 0.929. The molecule has 1 aromatic rings. The molecule has 8 fully saturated rings. The molecule has 15 heteroatoms. The first-order valence-electron chi connectivity index (χ1n) is 26.7. The smallest absolute Gasteiger partial charge is 0.297 e. The Morgan fingerprint density at radius 1 is 0.929 bits per heavy atom. The lowest BCUT2D eigenvalue weighted by molar-refractivity contribution is -0.292. The van der Waals surface area contributed by atoms with Crippen LogP contribution in [0.15, 0.2) is 52.4 Å². The van der Waals surface area contributed by atoms with E-state index in [9.17, 15) is 13.2 Å². The van der Waals surface area contributed by atoms with Crippen LogP contribution in [0.1, 0.15) is 144 Å². The molecule has 70 heavy (non-hydrogen) atoms. The molecule has 9 rings (SSSR count). The van der Waals surface area contributed by atoms with Crippen LogP contribution in [-0.4, -0.2) is 114 Å². The monoisotopic (exact) mass is 1080 g/mol. The number of carbonyl (C=O) groups is 1. The molecule has 8 aliphatic heterocycles. The summed E-state index contributed by atoms with van der Waals surface area (Å²) in [6.45, 7) is 31.7. The second-order valence-corrected chi connectivity index (χ2v) is 31.5. The van der Waals surface area contributed by atoms with Gasteiger partial charge in [0.05, 0.1) is 53.7 Å². The summed E-state index contributed by atoms with van der Waals surface area (Å²) in [5, 5.41) is 0.137. The summed E-state index contributed by atoms with van der Waals surface area (Å²) in [6, 6.07) is 6.64. The summed E-state index contributed by atoms with van der Waals surface area (Å²) in [5.41, 5.74) is 2.10. The zero-order chi connectivity index (χ0) is 50.5. The summed E-state index contributed by atoms with van der Waals surface area (Å²) >= 11 is 3.44. The van der Waals surface area contributed by atoms with E-state index >= 15 is 0 Å². The Kier molecular flexibility index (Phi) is 17.3. The van der Waals surface area contributed by atoms with E-state index in [1.165, 1.54) is 0 Å². The minimum Gasteiger partial charge on any atom is -0.417 e. The van der Waals surface area contributed by atoms with E-state index < -0.39 is 42.5 Å². The molecule has 0 N–H and O–H groups in total. The Bertz CT molecular complexity index is 2110. The predicted molar refractivity (Wildman–Crippen MR) is 276 cm³/mol. The van der Waals surface area contributed by atoms with Gasteiger partial charge in [0.1, 0.15) is 36.3 Å². The third kappa shape index (κ3) is 12.3. The van der Waals surface area contributed by atoms with E-state index in [0.29, 0.717) is 67.9 Å². The first-order valence-corrected chi connectivity index (χ1v) is 31.9. The van der Waals surface area contributed by atoms with Gasteiger partial charge in [-0.1, -0.05) is 108 Å². The predicted octanol–water partition coefficient (Wildman–Crippen LogP) is 11.5. The zero-order valence-corrected chi connectivity index (χ0v) is 47.2. The highest BCUT2D eigenvalue weighted by molar-refractivity contribution is 9.11. The summed E-state index contributed by atoms with van der Waals surface area (Å²) in [5.74, 6) is 0.0149. The topological polar surface area (TPSA) is 134 Å². The van der Waals surface area contributed by atoms with Crippen molar-refractivity contribution in [2.24, 2.45) is 23.7 Å². The van der Waals surface area contributed by atoms with Crippen LogP contribution in [0.3, 0.4) is 0 Å². The lowest BCUT2D eigenvalue weighted by Crippen LogP contribution is -2.61. The Labute approximate surface area is 429 Å². The molecule has 12 nitrogen and oxygen atoms in total. The van der Waals surface area contributed by atoms with Crippen molar-refractivity contribution < 1.29 is 55.0 Å². The number of unbranched alkanes of at least 4 members (excludes halogenated alkanes) is 1. The molecule has 8 heterocycles. The molecule has 0 spiro atoms. The fourth-order valence-electron chi connectivity index (χ4n) is 12.2. The largest absolute Gasteiger partial charge is 0.417 e. The van der Waals surface area contributed by atoms with Crippen molar-refractivity contribution in [2.75, 3.05) is 6.61 Å². The van der Waals surface area contributed by atoms with E-state index in [2.05, 4.69) is 90.6 Å². The van der Waals surface area contributed by atoms with Gasteiger partial charge in [0.25, 0.3) is 10.1 Å². The molecule has 1 aromatic carbocycles. The third-order valence-corrected chi connectivity index (χ3v) is 23.6. The van der Waals surface area contributed by atoms with Crippen LogP contribution in [0, 0.1) is 30.6 Å². The maximum Gasteiger partial charge on any atom is 0.297 e. The molecule has 18 atom stereocenters. The van der Waals surface area contributed by atoms with E-state index in [1.807, 2.05) is 6.92 Å². The third-order valence-electron chi connectivity index (χ3n) is 17.4. The Hall–Kier alpha value is -1.34. The van der Waals surface area contributed by atoms with Crippen molar-refractivity contribution in [1.82, 2.24) is 0 Å². The second kappa shape index (κ2) is 22.1. The number of Topliss-reactive ketones (excluding diaryl/α,β-unsaturated/α-hetero) is 1. The van der Waals surface area contributed by atoms with Gasteiger partial charge in [-0.05, 0) is 109 Å². The zero-order valence-electron chi connectivity index (χ0n) is 43.8. The highest BCUT2D eigenvalue weighted by Gasteiger charge is 2.68. The number of ketones is 1. The van der Waals surface area contributed by atoms with Crippen molar-refractivity contribution >= 4 is 40.1 Å². The highest BCUT2D eigenvalue weighted by Crippen LogP contribution is 2.54. The van der Waals surface area contributed by atoms with Crippen LogP contribution in [-0.2, 0) is 56.7 Å². The number of rotatable bonds is 22. The van der Waals surface area contributed by atoms with E-state index in [4.69, 9.17) is 41.8 Å². The molecule has 0 aromatic heterocycles. The molecule has 0 aliphatic carbocycles. The number of hydrogen-bond acceptors (Lipinski definition) is 12. The molecule has 0 radical (unpaired) electrons. The maximum atomic E-state index is 14.5. The first-order chi connectivity index (χ1) is 32.9. The van der Waals surface area contributed by atoms with Gasteiger partial charge >= 0.3 is 0 Å². The Morgan fingerprint density at radius 2 is 1.63 bits per heavy atom. The fraction of sp³-hybridized carbons (Fsp3) is 0.800.